The SMILES string of the molecule is CC(C)C(NC(=O)CSc1nc2ccccc2c(=O)n1C1CCCC1)c1ccc(F)cc1. The molecule has 5 nitrogen and oxygen atoms in total. The van der Waals surface area contributed by atoms with Crippen molar-refractivity contribution in [1.82, 2.24) is 14.9 Å². The Morgan fingerprint density at radius 3 is 2.53 bits per heavy atom. The molecule has 1 amide bonds. The fraction of sp³-hybridized carbons (Fsp3) is 0.400. The van der Waals surface area contributed by atoms with E-state index in [-0.39, 0.29) is 41.0 Å². The molecular weight excluding hydrogens is 425 g/mol. The highest BCUT2D eigenvalue weighted by Crippen LogP contribution is 2.32. The maximum atomic E-state index is 13.3. The summed E-state index contributed by atoms with van der Waals surface area (Å²) in [7, 11) is 0. The van der Waals surface area contributed by atoms with Crippen molar-refractivity contribution in [3.05, 3.63) is 70.3 Å². The molecule has 0 saturated heterocycles. The summed E-state index contributed by atoms with van der Waals surface area (Å²) in [6, 6.07) is 13.5. The lowest BCUT2D eigenvalue weighted by molar-refractivity contribution is -0.119. The summed E-state index contributed by atoms with van der Waals surface area (Å²) in [5.74, 6) is -0.143. The molecule has 1 unspecified atom stereocenters. The monoisotopic (exact) mass is 453 g/mol. The van der Waals surface area contributed by atoms with Gasteiger partial charge in [-0.2, -0.15) is 0 Å². The van der Waals surface area contributed by atoms with Gasteiger partial charge in [0.15, 0.2) is 5.16 Å². The van der Waals surface area contributed by atoms with Crippen LogP contribution in [0.1, 0.15) is 57.2 Å². The highest BCUT2D eigenvalue weighted by atomic mass is 32.2. The molecule has 32 heavy (non-hydrogen) atoms. The largest absolute Gasteiger partial charge is 0.348 e. The Hall–Kier alpha value is -2.67. The number of aromatic nitrogens is 2. The maximum absolute atomic E-state index is 13.3. The van der Waals surface area contributed by atoms with Gasteiger partial charge in [-0.1, -0.05) is 62.7 Å². The summed E-state index contributed by atoms with van der Waals surface area (Å²) in [6.45, 7) is 4.04. The lowest BCUT2D eigenvalue weighted by Crippen LogP contribution is -2.33. The number of para-hydroxylation sites is 1. The molecule has 0 radical (unpaired) electrons. The van der Waals surface area contributed by atoms with Crippen LogP contribution in [0.5, 0.6) is 0 Å². The zero-order valence-electron chi connectivity index (χ0n) is 18.4. The van der Waals surface area contributed by atoms with Gasteiger partial charge in [0.25, 0.3) is 5.56 Å². The van der Waals surface area contributed by atoms with E-state index < -0.39 is 0 Å². The van der Waals surface area contributed by atoms with E-state index in [1.165, 1.54) is 23.9 Å². The van der Waals surface area contributed by atoms with Gasteiger partial charge in [-0.15, -0.1) is 0 Å². The van der Waals surface area contributed by atoms with Gasteiger partial charge in [-0.05, 0) is 48.6 Å². The molecule has 0 spiro atoms. The molecule has 4 rings (SSSR count). The molecule has 1 heterocycles. The Balaban J connectivity index is 1.55. The number of hydrogen-bond acceptors (Lipinski definition) is 4. The summed E-state index contributed by atoms with van der Waals surface area (Å²) in [5.41, 5.74) is 1.49. The van der Waals surface area contributed by atoms with Crippen LogP contribution in [-0.4, -0.2) is 21.2 Å². The van der Waals surface area contributed by atoms with Crippen molar-refractivity contribution in [2.24, 2.45) is 5.92 Å². The van der Waals surface area contributed by atoms with Crippen LogP contribution < -0.4 is 10.9 Å². The third-order valence-corrected chi connectivity index (χ3v) is 6.96. The summed E-state index contributed by atoms with van der Waals surface area (Å²) in [5, 5.41) is 4.28. The predicted molar refractivity (Wildman–Crippen MR) is 126 cm³/mol. The predicted octanol–water partition coefficient (Wildman–Crippen LogP) is 5.26. The number of nitrogens with zero attached hydrogens (tertiary/aromatic N) is 2. The third-order valence-electron chi connectivity index (χ3n) is 6.01. The normalized spacial score (nSPS) is 15.4. The van der Waals surface area contributed by atoms with E-state index in [2.05, 4.69) is 5.32 Å². The zero-order valence-corrected chi connectivity index (χ0v) is 19.2. The quantitative estimate of drug-likeness (QED) is 0.392. The van der Waals surface area contributed by atoms with Crippen LogP contribution in [0.3, 0.4) is 0 Å². The molecule has 2 aromatic carbocycles. The minimum Gasteiger partial charge on any atom is -0.348 e. The van der Waals surface area contributed by atoms with Gasteiger partial charge in [0.05, 0.1) is 22.7 Å². The van der Waals surface area contributed by atoms with Crippen LogP contribution in [0.4, 0.5) is 4.39 Å². The molecule has 1 fully saturated rings. The topological polar surface area (TPSA) is 64.0 Å². The summed E-state index contributed by atoms with van der Waals surface area (Å²) < 4.78 is 15.1. The molecule has 1 aliphatic carbocycles. The van der Waals surface area contributed by atoms with Gasteiger partial charge < -0.3 is 5.32 Å². The van der Waals surface area contributed by atoms with Crippen LogP contribution in [0, 0.1) is 11.7 Å². The first-order valence-electron chi connectivity index (χ1n) is 11.1. The van der Waals surface area contributed by atoms with Crippen molar-refractivity contribution < 1.29 is 9.18 Å². The van der Waals surface area contributed by atoms with Crippen LogP contribution in [0.2, 0.25) is 0 Å². The number of nitrogens with one attached hydrogen (secondary N) is 1. The van der Waals surface area contributed by atoms with Gasteiger partial charge in [-0.25, -0.2) is 9.37 Å². The molecule has 0 aliphatic heterocycles. The molecule has 168 valence electrons. The Morgan fingerprint density at radius 2 is 1.84 bits per heavy atom. The Bertz CT molecular complexity index is 1150. The first-order chi connectivity index (χ1) is 15.4. The number of fused-ring (bicyclic) bond motifs is 1. The number of hydrogen-bond donors (Lipinski definition) is 1. The Kier molecular flexibility index (Phi) is 6.94. The van der Waals surface area contributed by atoms with E-state index >= 15 is 0 Å². The van der Waals surface area contributed by atoms with Gasteiger partial charge in [0, 0.05) is 6.04 Å². The summed E-state index contributed by atoms with van der Waals surface area (Å²) in [4.78, 5) is 30.8. The number of benzene rings is 2. The number of carbonyl (C=O) groups excluding carboxylic acids is 1. The zero-order chi connectivity index (χ0) is 22.7. The summed E-state index contributed by atoms with van der Waals surface area (Å²) in [6.07, 6.45) is 4.11. The molecule has 0 bridgehead atoms. The van der Waals surface area contributed by atoms with E-state index in [0.717, 1.165) is 31.2 Å². The molecule has 7 heteroatoms. The molecule has 1 aromatic heterocycles. The van der Waals surface area contributed by atoms with E-state index in [0.29, 0.717) is 16.1 Å². The second kappa shape index (κ2) is 9.86. The second-order valence-corrected chi connectivity index (χ2v) is 9.60. The van der Waals surface area contributed by atoms with Crippen molar-refractivity contribution in [3.63, 3.8) is 0 Å². The van der Waals surface area contributed by atoms with E-state index in [4.69, 9.17) is 4.98 Å². The fourth-order valence-electron chi connectivity index (χ4n) is 4.36. The molecule has 3 aromatic rings. The molecule has 1 saturated carbocycles. The number of thioether (sulfide) groups is 1. The number of halogens is 1. The van der Waals surface area contributed by atoms with E-state index in [1.54, 1.807) is 16.7 Å². The average molecular weight is 454 g/mol. The van der Waals surface area contributed by atoms with Crippen LogP contribution in [-0.2, 0) is 4.79 Å². The van der Waals surface area contributed by atoms with Crippen molar-refractivity contribution in [2.75, 3.05) is 5.75 Å². The van der Waals surface area contributed by atoms with Crippen LogP contribution in [0.15, 0.2) is 58.5 Å². The standard InChI is InChI=1S/C25H28FN3O2S/c1-16(2)23(17-11-13-18(26)14-12-17)28-22(30)15-32-25-27-21-10-6-5-9-20(21)24(31)29(25)19-7-3-4-8-19/h5-6,9-14,16,19,23H,3-4,7-8,15H2,1-2H3,(H,28,30). The lowest BCUT2D eigenvalue weighted by atomic mass is 9.96. The molecule has 1 aliphatic rings. The smallest absolute Gasteiger partial charge is 0.262 e. The van der Waals surface area contributed by atoms with E-state index in [1.807, 2.05) is 38.1 Å². The average Bonchev–Trinajstić information content (AvgIpc) is 3.31. The van der Waals surface area contributed by atoms with Crippen molar-refractivity contribution in [2.45, 2.75) is 56.8 Å². The van der Waals surface area contributed by atoms with Crippen molar-refractivity contribution >= 4 is 28.6 Å². The van der Waals surface area contributed by atoms with E-state index in [9.17, 15) is 14.0 Å². The number of amides is 1. The fourth-order valence-corrected chi connectivity index (χ4v) is 5.24. The molecular formula is C25H28FN3O2S. The first-order valence-corrected chi connectivity index (χ1v) is 12.1. The highest BCUT2D eigenvalue weighted by molar-refractivity contribution is 7.99. The minimum absolute atomic E-state index is 0.0308. The Labute approximate surface area is 191 Å². The van der Waals surface area contributed by atoms with Crippen molar-refractivity contribution in [1.29, 1.82) is 0 Å². The lowest BCUT2D eigenvalue weighted by Gasteiger charge is -2.23. The first kappa shape index (κ1) is 22.5. The number of carbonyl (C=O) groups is 1. The van der Waals surface area contributed by atoms with Crippen LogP contribution in [0.25, 0.3) is 10.9 Å². The highest BCUT2D eigenvalue weighted by Gasteiger charge is 2.24. The van der Waals surface area contributed by atoms with Gasteiger partial charge in [0.2, 0.25) is 5.91 Å². The molecule has 1 N–H and O–H groups in total. The Morgan fingerprint density at radius 1 is 1.16 bits per heavy atom. The van der Waals surface area contributed by atoms with Crippen molar-refractivity contribution in [3.8, 4) is 0 Å². The van der Waals surface area contributed by atoms with Gasteiger partial charge in [0.1, 0.15) is 5.82 Å². The third kappa shape index (κ3) is 4.88. The minimum atomic E-state index is -0.301. The second-order valence-electron chi connectivity index (χ2n) is 8.65. The number of rotatable bonds is 7. The van der Waals surface area contributed by atoms with Crippen LogP contribution >= 0.6 is 11.8 Å². The summed E-state index contributed by atoms with van der Waals surface area (Å²) >= 11 is 1.30. The van der Waals surface area contributed by atoms with Gasteiger partial charge in [-0.3, -0.25) is 14.2 Å². The maximum Gasteiger partial charge on any atom is 0.262 e. The molecule has 1 atom stereocenters. The van der Waals surface area contributed by atoms with Gasteiger partial charge >= 0.3 is 0 Å².